The van der Waals surface area contributed by atoms with Crippen molar-refractivity contribution in [2.24, 2.45) is 17.1 Å². The SMILES string of the molecule is C[C@]12CC(=O)C(C(N)=O)=C(O)[C@@]1(O)C(=O)C1=C(O)c3c(O)ccc(-c4ccco4)c3C[C@H]1C2. The second kappa shape index (κ2) is 6.58. The minimum absolute atomic E-state index is 0.0289. The zero-order valence-electron chi connectivity index (χ0n) is 17.6. The first kappa shape index (κ1) is 21.0. The maximum absolute atomic E-state index is 13.6. The summed E-state index contributed by atoms with van der Waals surface area (Å²) in [5, 5.41) is 43.8. The normalized spacial score (nSPS) is 29.0. The maximum Gasteiger partial charge on any atom is 0.255 e. The molecule has 2 aromatic rings. The zero-order valence-corrected chi connectivity index (χ0v) is 17.6. The summed E-state index contributed by atoms with van der Waals surface area (Å²) in [6, 6.07) is 6.43. The lowest BCUT2D eigenvalue weighted by atomic mass is 9.52. The first-order valence-corrected chi connectivity index (χ1v) is 10.4. The number of hydrogen-bond donors (Lipinski definition) is 5. The van der Waals surface area contributed by atoms with Crippen LogP contribution in [-0.2, 0) is 20.8 Å². The first-order valence-electron chi connectivity index (χ1n) is 10.4. The number of aliphatic hydroxyl groups is 3. The molecule has 1 amide bonds. The van der Waals surface area contributed by atoms with Crippen molar-refractivity contribution in [3.05, 3.63) is 58.6 Å². The van der Waals surface area contributed by atoms with E-state index in [0.29, 0.717) is 16.9 Å². The number of benzene rings is 1. The van der Waals surface area contributed by atoms with Gasteiger partial charge in [-0.25, -0.2) is 0 Å². The van der Waals surface area contributed by atoms with Crippen LogP contribution >= 0.6 is 0 Å². The van der Waals surface area contributed by atoms with Crippen LogP contribution < -0.4 is 5.73 Å². The Morgan fingerprint density at radius 3 is 2.55 bits per heavy atom. The van der Waals surface area contributed by atoms with Crippen molar-refractivity contribution in [2.45, 2.75) is 31.8 Å². The molecule has 0 aliphatic heterocycles. The first-order chi connectivity index (χ1) is 15.5. The predicted molar refractivity (Wildman–Crippen MR) is 114 cm³/mol. The van der Waals surface area contributed by atoms with E-state index in [1.807, 2.05) is 0 Å². The summed E-state index contributed by atoms with van der Waals surface area (Å²) in [5.41, 5.74) is 1.35. The van der Waals surface area contributed by atoms with Gasteiger partial charge in [0.15, 0.2) is 11.4 Å². The van der Waals surface area contributed by atoms with Crippen molar-refractivity contribution in [1.29, 1.82) is 0 Å². The lowest BCUT2D eigenvalue weighted by Crippen LogP contribution is -2.63. The van der Waals surface area contributed by atoms with Crippen LogP contribution in [0.15, 0.2) is 51.9 Å². The smallest absolute Gasteiger partial charge is 0.255 e. The fourth-order valence-corrected chi connectivity index (χ4v) is 5.68. The second-order valence-electron chi connectivity index (χ2n) is 9.12. The number of aliphatic hydroxyl groups excluding tert-OH is 2. The number of ketones is 2. The number of furan rings is 1. The average molecular weight is 451 g/mol. The minimum Gasteiger partial charge on any atom is -0.508 e. The molecule has 1 heterocycles. The van der Waals surface area contributed by atoms with Crippen LogP contribution in [0.1, 0.15) is 30.9 Å². The van der Waals surface area contributed by atoms with Gasteiger partial charge < -0.3 is 30.6 Å². The number of primary amides is 1. The maximum atomic E-state index is 13.6. The van der Waals surface area contributed by atoms with E-state index in [-0.39, 0.29) is 36.1 Å². The summed E-state index contributed by atoms with van der Waals surface area (Å²) in [4.78, 5) is 38.0. The number of phenols is 1. The monoisotopic (exact) mass is 451 g/mol. The summed E-state index contributed by atoms with van der Waals surface area (Å²) >= 11 is 0. The van der Waals surface area contributed by atoms with E-state index in [1.165, 1.54) is 19.3 Å². The van der Waals surface area contributed by atoms with Gasteiger partial charge >= 0.3 is 0 Å². The molecule has 0 unspecified atom stereocenters. The van der Waals surface area contributed by atoms with Crippen molar-refractivity contribution in [1.82, 2.24) is 0 Å². The van der Waals surface area contributed by atoms with Crippen LogP contribution in [0.3, 0.4) is 0 Å². The van der Waals surface area contributed by atoms with Crippen molar-refractivity contribution in [2.75, 3.05) is 0 Å². The fourth-order valence-electron chi connectivity index (χ4n) is 5.68. The molecule has 9 heteroatoms. The molecule has 0 radical (unpaired) electrons. The van der Waals surface area contributed by atoms with Crippen LogP contribution in [0.25, 0.3) is 17.1 Å². The van der Waals surface area contributed by atoms with Gasteiger partial charge in [-0.05, 0) is 48.6 Å². The third-order valence-electron chi connectivity index (χ3n) is 7.23. The van der Waals surface area contributed by atoms with Gasteiger partial charge in [0.05, 0.1) is 11.8 Å². The van der Waals surface area contributed by atoms with E-state index in [2.05, 4.69) is 0 Å². The van der Waals surface area contributed by atoms with E-state index in [0.717, 1.165) is 0 Å². The number of hydrogen-bond acceptors (Lipinski definition) is 8. The molecule has 3 aliphatic carbocycles. The number of phenolic OH excluding ortho intramolecular Hbond substituents is 1. The van der Waals surface area contributed by atoms with E-state index in [9.17, 15) is 34.8 Å². The largest absolute Gasteiger partial charge is 0.508 e. The number of fused-ring (bicyclic) bond motifs is 3. The molecule has 0 saturated heterocycles. The molecule has 170 valence electrons. The molecule has 1 aromatic heterocycles. The molecule has 1 fully saturated rings. The summed E-state index contributed by atoms with van der Waals surface area (Å²) < 4.78 is 5.49. The Bertz CT molecular complexity index is 1320. The number of Topliss-reactive ketones (excluding diaryl/α,β-unsaturated/α-hetero) is 2. The number of carbonyl (C=O) groups is 3. The fraction of sp³-hybridized carbons (Fsp3) is 0.292. The third kappa shape index (κ3) is 2.53. The van der Waals surface area contributed by atoms with Crippen LogP contribution in [-0.4, -0.2) is 43.5 Å². The molecule has 1 aromatic carbocycles. The van der Waals surface area contributed by atoms with Crippen molar-refractivity contribution >= 4 is 23.2 Å². The van der Waals surface area contributed by atoms with Crippen LogP contribution in [0.5, 0.6) is 5.75 Å². The van der Waals surface area contributed by atoms with Gasteiger partial charge in [0.25, 0.3) is 5.91 Å². The van der Waals surface area contributed by atoms with E-state index in [1.54, 1.807) is 18.2 Å². The van der Waals surface area contributed by atoms with Gasteiger partial charge in [-0.2, -0.15) is 0 Å². The number of nitrogens with two attached hydrogens (primary N) is 1. The van der Waals surface area contributed by atoms with Gasteiger partial charge in [0, 0.05) is 23.0 Å². The standard InChI is InChI=1S/C24H21NO8/c1-23-8-10-7-12-11(15-3-2-6-33-15)4-5-13(26)17(12)19(28)16(10)20(29)24(23,32)21(30)18(22(25)31)14(27)9-23/h2-6,10,26,28,30,32H,7-9H2,1H3,(H2,25,31)/t10-,23-,24-/m0/s1. The Labute approximate surface area is 187 Å². The average Bonchev–Trinajstić information content (AvgIpc) is 3.25. The van der Waals surface area contributed by atoms with Crippen LogP contribution in [0.4, 0.5) is 0 Å². The van der Waals surface area contributed by atoms with Gasteiger partial charge in [-0.15, -0.1) is 0 Å². The Hall–Kier alpha value is -3.85. The van der Waals surface area contributed by atoms with Gasteiger partial charge in [-0.3, -0.25) is 14.4 Å². The molecule has 5 rings (SSSR count). The Morgan fingerprint density at radius 2 is 1.91 bits per heavy atom. The quantitative estimate of drug-likeness (QED) is 0.432. The molecule has 33 heavy (non-hydrogen) atoms. The van der Waals surface area contributed by atoms with E-state index < -0.39 is 51.5 Å². The predicted octanol–water partition coefficient (Wildman–Crippen LogP) is 2.07. The molecule has 9 nitrogen and oxygen atoms in total. The molecule has 3 atom stereocenters. The van der Waals surface area contributed by atoms with Gasteiger partial charge in [0.1, 0.15) is 28.6 Å². The number of aromatic hydroxyl groups is 1. The second-order valence-corrected chi connectivity index (χ2v) is 9.12. The molecule has 0 bridgehead atoms. The zero-order chi connectivity index (χ0) is 23.9. The molecule has 6 N–H and O–H groups in total. The highest BCUT2D eigenvalue weighted by Gasteiger charge is 2.66. The minimum atomic E-state index is -2.63. The van der Waals surface area contributed by atoms with Gasteiger partial charge in [0.2, 0.25) is 5.78 Å². The van der Waals surface area contributed by atoms with E-state index in [4.69, 9.17) is 10.2 Å². The number of amides is 1. The van der Waals surface area contributed by atoms with Crippen LogP contribution in [0.2, 0.25) is 0 Å². The van der Waals surface area contributed by atoms with E-state index >= 15 is 0 Å². The lowest BCUT2D eigenvalue weighted by Gasteiger charge is -2.52. The van der Waals surface area contributed by atoms with Crippen molar-refractivity contribution in [3.63, 3.8) is 0 Å². The molecule has 0 spiro atoms. The molecule has 3 aliphatic rings. The topological polar surface area (TPSA) is 171 Å². The number of rotatable bonds is 2. The summed E-state index contributed by atoms with van der Waals surface area (Å²) in [6.07, 6.45) is 1.35. The molecular weight excluding hydrogens is 430 g/mol. The van der Waals surface area contributed by atoms with Crippen LogP contribution in [0, 0.1) is 11.3 Å². The summed E-state index contributed by atoms with van der Waals surface area (Å²) in [6.45, 7) is 1.48. The summed E-state index contributed by atoms with van der Waals surface area (Å²) in [5.74, 6) is -5.06. The highest BCUT2D eigenvalue weighted by molar-refractivity contribution is 6.23. The highest BCUT2D eigenvalue weighted by atomic mass is 16.4. The number of carbonyl (C=O) groups excluding carboxylic acids is 3. The third-order valence-corrected chi connectivity index (χ3v) is 7.23. The van der Waals surface area contributed by atoms with Gasteiger partial charge in [-0.1, -0.05) is 6.92 Å². The Balaban J connectivity index is 1.76. The Kier molecular flexibility index (Phi) is 4.19. The molecular formula is C24H21NO8. The highest BCUT2D eigenvalue weighted by Crippen LogP contribution is 2.58. The molecule has 1 saturated carbocycles. The van der Waals surface area contributed by atoms with Crippen molar-refractivity contribution < 1.29 is 39.2 Å². The Morgan fingerprint density at radius 1 is 1.18 bits per heavy atom. The summed E-state index contributed by atoms with van der Waals surface area (Å²) in [7, 11) is 0. The van der Waals surface area contributed by atoms with Crippen molar-refractivity contribution in [3.8, 4) is 17.1 Å². The lowest BCUT2D eigenvalue weighted by molar-refractivity contribution is -0.161.